The van der Waals surface area contributed by atoms with E-state index < -0.39 is 5.41 Å². The first-order valence-electron chi connectivity index (χ1n) is 19.3. The molecule has 10 aromatic rings. The van der Waals surface area contributed by atoms with Crippen LogP contribution in [0.3, 0.4) is 0 Å². The predicted molar refractivity (Wildman–Crippen MR) is 228 cm³/mol. The second-order valence-corrected chi connectivity index (χ2v) is 14.8. The average Bonchev–Trinajstić information content (AvgIpc) is 3.81. The molecule has 8 aromatic carbocycles. The van der Waals surface area contributed by atoms with E-state index in [9.17, 15) is 0 Å². The number of benzene rings is 8. The van der Waals surface area contributed by atoms with E-state index >= 15 is 0 Å². The molecule has 1 aliphatic carbocycles. The first-order valence-corrected chi connectivity index (χ1v) is 19.3. The summed E-state index contributed by atoms with van der Waals surface area (Å²) in [5, 5.41) is 0.968. The molecule has 0 radical (unpaired) electrons. The molecular formula is C53H32N2O2. The predicted octanol–water partition coefficient (Wildman–Crippen LogP) is 13.5. The standard InChI is InChI=1S/C53H32N2O2/c1-2-15-33(16-3-1)36-17-4-5-18-38(36)52-54-49(51-50(55-52)40-20-7-11-26-45(40)57-51)35-31-29-34(30-32-35)37-21-14-25-44-48(37)39-19-6-8-22-41(39)53(44)42-23-9-12-27-46(42)56-47-28-13-10-24-43(47)53/h1-32H. The summed E-state index contributed by atoms with van der Waals surface area (Å²) in [6.45, 7) is 0. The topological polar surface area (TPSA) is 48.2 Å². The molecule has 1 spiro atoms. The molecule has 57 heavy (non-hydrogen) atoms. The maximum absolute atomic E-state index is 6.56. The van der Waals surface area contributed by atoms with Gasteiger partial charge in [-0.3, -0.25) is 0 Å². The highest BCUT2D eigenvalue weighted by Gasteiger charge is 2.51. The summed E-state index contributed by atoms with van der Waals surface area (Å²) in [7, 11) is 0. The Bertz CT molecular complexity index is 3170. The summed E-state index contributed by atoms with van der Waals surface area (Å²) >= 11 is 0. The number of rotatable bonds is 4. The van der Waals surface area contributed by atoms with Crippen LogP contribution in [0.5, 0.6) is 11.5 Å². The number of fused-ring (bicyclic) bond motifs is 12. The highest BCUT2D eigenvalue weighted by Crippen LogP contribution is 2.63. The van der Waals surface area contributed by atoms with Crippen LogP contribution in [-0.2, 0) is 5.41 Å². The molecule has 3 heterocycles. The molecule has 0 fully saturated rings. The highest BCUT2D eigenvalue weighted by molar-refractivity contribution is 6.07. The fourth-order valence-corrected chi connectivity index (χ4v) is 9.41. The van der Waals surface area contributed by atoms with Gasteiger partial charge in [0.2, 0.25) is 0 Å². The molecule has 0 bridgehead atoms. The maximum Gasteiger partial charge on any atom is 0.180 e. The summed E-state index contributed by atoms with van der Waals surface area (Å²) < 4.78 is 13.1. The Kier molecular flexibility index (Phi) is 6.81. The summed E-state index contributed by atoms with van der Waals surface area (Å²) in [5.74, 6) is 2.44. The van der Waals surface area contributed by atoms with E-state index in [0.29, 0.717) is 11.4 Å². The van der Waals surface area contributed by atoms with Crippen molar-refractivity contribution in [3.05, 3.63) is 216 Å². The molecule has 0 amide bonds. The Morgan fingerprint density at radius 3 is 1.72 bits per heavy atom. The zero-order valence-electron chi connectivity index (χ0n) is 30.7. The smallest absolute Gasteiger partial charge is 0.180 e. The van der Waals surface area contributed by atoms with E-state index in [1.54, 1.807) is 0 Å². The Morgan fingerprint density at radius 1 is 0.386 bits per heavy atom. The van der Waals surface area contributed by atoms with Crippen molar-refractivity contribution >= 4 is 22.1 Å². The summed E-state index contributed by atoms with van der Waals surface area (Å²) in [6.07, 6.45) is 0. The average molecular weight is 729 g/mol. The van der Waals surface area contributed by atoms with Crippen LogP contribution in [0.2, 0.25) is 0 Å². The molecule has 2 aromatic heterocycles. The lowest BCUT2D eigenvalue weighted by Gasteiger charge is -2.39. The van der Waals surface area contributed by atoms with Gasteiger partial charge in [-0.15, -0.1) is 0 Å². The second kappa shape index (κ2) is 12.2. The number of hydrogen-bond donors (Lipinski definition) is 0. The van der Waals surface area contributed by atoms with Crippen molar-refractivity contribution in [2.24, 2.45) is 0 Å². The molecule has 266 valence electrons. The Labute approximate surface area is 329 Å². The first-order chi connectivity index (χ1) is 28.3. The van der Waals surface area contributed by atoms with Gasteiger partial charge in [0.25, 0.3) is 0 Å². The lowest BCUT2D eigenvalue weighted by molar-refractivity contribution is 0.436. The monoisotopic (exact) mass is 728 g/mol. The number of aromatic nitrogens is 2. The Balaban J connectivity index is 1.05. The van der Waals surface area contributed by atoms with Crippen LogP contribution < -0.4 is 4.74 Å². The van der Waals surface area contributed by atoms with Gasteiger partial charge in [0.1, 0.15) is 28.3 Å². The molecule has 0 saturated carbocycles. The van der Waals surface area contributed by atoms with Crippen LogP contribution >= 0.6 is 0 Å². The molecule has 0 unspecified atom stereocenters. The number of para-hydroxylation sites is 3. The van der Waals surface area contributed by atoms with E-state index in [0.717, 1.165) is 72.6 Å². The Hall–Kier alpha value is -7.56. The van der Waals surface area contributed by atoms with Gasteiger partial charge in [-0.1, -0.05) is 170 Å². The molecule has 12 rings (SSSR count). The lowest BCUT2D eigenvalue weighted by Crippen LogP contribution is -2.32. The van der Waals surface area contributed by atoms with Gasteiger partial charge in [0, 0.05) is 27.6 Å². The third-order valence-electron chi connectivity index (χ3n) is 11.8. The quantitative estimate of drug-likeness (QED) is 0.181. The Morgan fingerprint density at radius 2 is 0.947 bits per heavy atom. The summed E-state index contributed by atoms with van der Waals surface area (Å²) in [6, 6.07) is 68.3. The van der Waals surface area contributed by atoms with E-state index in [1.807, 2.05) is 24.3 Å². The van der Waals surface area contributed by atoms with Crippen LogP contribution in [0.1, 0.15) is 22.3 Å². The summed E-state index contributed by atoms with van der Waals surface area (Å²) in [5.41, 5.74) is 16.3. The van der Waals surface area contributed by atoms with Crippen molar-refractivity contribution < 1.29 is 9.15 Å². The van der Waals surface area contributed by atoms with Crippen LogP contribution in [0.25, 0.3) is 78.1 Å². The fourth-order valence-electron chi connectivity index (χ4n) is 9.41. The van der Waals surface area contributed by atoms with Gasteiger partial charge >= 0.3 is 0 Å². The number of nitrogens with zero attached hydrogens (tertiary/aromatic N) is 2. The zero-order chi connectivity index (χ0) is 37.5. The van der Waals surface area contributed by atoms with Gasteiger partial charge in [-0.2, -0.15) is 0 Å². The van der Waals surface area contributed by atoms with Crippen molar-refractivity contribution in [3.8, 4) is 67.5 Å². The van der Waals surface area contributed by atoms with Crippen molar-refractivity contribution in [1.82, 2.24) is 9.97 Å². The fraction of sp³-hybridized carbons (Fsp3) is 0.0189. The van der Waals surface area contributed by atoms with Crippen molar-refractivity contribution in [2.45, 2.75) is 5.41 Å². The van der Waals surface area contributed by atoms with Crippen LogP contribution in [0.15, 0.2) is 199 Å². The van der Waals surface area contributed by atoms with Crippen molar-refractivity contribution in [3.63, 3.8) is 0 Å². The SMILES string of the molecule is c1ccc(-c2ccccc2-c2nc(-c3ccc(-c4cccc5c4-c4ccccc4C54c5ccccc5Oc5ccccc54)cc3)c3oc4ccccc4c3n2)cc1. The van der Waals surface area contributed by atoms with E-state index in [4.69, 9.17) is 19.1 Å². The highest BCUT2D eigenvalue weighted by atomic mass is 16.5. The third-order valence-corrected chi connectivity index (χ3v) is 11.8. The summed E-state index contributed by atoms with van der Waals surface area (Å²) in [4.78, 5) is 10.5. The van der Waals surface area contributed by atoms with Crippen LogP contribution in [-0.4, -0.2) is 9.97 Å². The molecule has 4 heteroatoms. The minimum atomic E-state index is -0.520. The molecule has 0 saturated heterocycles. The number of ether oxygens (including phenoxy) is 1. The van der Waals surface area contributed by atoms with Crippen LogP contribution in [0.4, 0.5) is 0 Å². The molecule has 4 nitrogen and oxygen atoms in total. The minimum absolute atomic E-state index is 0.520. The zero-order valence-corrected chi connectivity index (χ0v) is 30.7. The second-order valence-electron chi connectivity index (χ2n) is 14.8. The van der Waals surface area contributed by atoms with Crippen molar-refractivity contribution in [1.29, 1.82) is 0 Å². The third kappa shape index (κ3) is 4.56. The molecule has 0 atom stereocenters. The number of furan rings is 1. The van der Waals surface area contributed by atoms with Crippen LogP contribution in [0, 0.1) is 0 Å². The lowest BCUT2D eigenvalue weighted by atomic mass is 9.66. The maximum atomic E-state index is 6.56. The molecule has 0 N–H and O–H groups in total. The van der Waals surface area contributed by atoms with Gasteiger partial charge in [0.05, 0.1) is 5.41 Å². The van der Waals surface area contributed by atoms with Gasteiger partial charge in [-0.05, 0) is 68.8 Å². The van der Waals surface area contributed by atoms with Crippen molar-refractivity contribution in [2.75, 3.05) is 0 Å². The normalized spacial score (nSPS) is 13.2. The van der Waals surface area contributed by atoms with E-state index in [1.165, 1.54) is 27.8 Å². The van der Waals surface area contributed by atoms with Gasteiger partial charge < -0.3 is 9.15 Å². The molecular weight excluding hydrogens is 697 g/mol. The van der Waals surface area contributed by atoms with E-state index in [2.05, 4.69) is 170 Å². The number of hydrogen-bond acceptors (Lipinski definition) is 4. The first kappa shape index (κ1) is 31.8. The largest absolute Gasteiger partial charge is 0.457 e. The molecule has 2 aliphatic rings. The van der Waals surface area contributed by atoms with Gasteiger partial charge in [-0.25, -0.2) is 9.97 Å². The van der Waals surface area contributed by atoms with E-state index in [-0.39, 0.29) is 0 Å². The molecule has 1 aliphatic heterocycles. The van der Waals surface area contributed by atoms with Gasteiger partial charge in [0.15, 0.2) is 11.4 Å². The minimum Gasteiger partial charge on any atom is -0.457 e.